The maximum absolute atomic E-state index is 12.9. The van der Waals surface area contributed by atoms with Crippen LogP contribution in [0.4, 0.5) is 5.69 Å². The van der Waals surface area contributed by atoms with Gasteiger partial charge in [-0.1, -0.05) is 41.6 Å². The standard InChI is InChI=1S/C22H20ClN5O3S/c1-14-19(21(30)28(27(14)2)17-6-4-3-5-7-17)24-18(29)12-13-32-22-26-25-20(31-22)15-8-10-16(23)11-9-15/h3-11H,12-13H2,1-2H3,(H,24,29). The number of rotatable bonds is 7. The van der Waals surface area contributed by atoms with E-state index in [0.29, 0.717) is 27.6 Å². The van der Waals surface area contributed by atoms with Gasteiger partial charge in [0.25, 0.3) is 10.8 Å². The van der Waals surface area contributed by atoms with Crippen molar-refractivity contribution in [1.82, 2.24) is 19.6 Å². The molecule has 2 heterocycles. The van der Waals surface area contributed by atoms with Crippen molar-refractivity contribution >= 4 is 35.0 Å². The van der Waals surface area contributed by atoms with Gasteiger partial charge >= 0.3 is 0 Å². The van der Waals surface area contributed by atoms with Gasteiger partial charge in [0, 0.05) is 29.8 Å². The topological polar surface area (TPSA) is 95.0 Å². The number of para-hydroxylation sites is 1. The molecule has 0 aliphatic carbocycles. The summed E-state index contributed by atoms with van der Waals surface area (Å²) in [6.07, 6.45) is 0.183. The highest BCUT2D eigenvalue weighted by atomic mass is 35.5. The molecule has 0 aliphatic rings. The zero-order valence-corrected chi connectivity index (χ0v) is 19.0. The lowest BCUT2D eigenvalue weighted by Gasteiger charge is -2.07. The highest BCUT2D eigenvalue weighted by Gasteiger charge is 2.18. The second-order valence-corrected chi connectivity index (χ2v) is 8.45. The fourth-order valence-corrected chi connectivity index (χ4v) is 3.95. The summed E-state index contributed by atoms with van der Waals surface area (Å²) in [5.41, 5.74) is 2.16. The Morgan fingerprint density at radius 2 is 1.84 bits per heavy atom. The van der Waals surface area contributed by atoms with E-state index in [0.717, 1.165) is 11.3 Å². The Hall–Kier alpha value is -3.30. The van der Waals surface area contributed by atoms with E-state index in [1.165, 1.54) is 16.4 Å². The quantitative estimate of drug-likeness (QED) is 0.405. The van der Waals surface area contributed by atoms with Gasteiger partial charge < -0.3 is 9.73 Å². The number of aromatic nitrogens is 4. The lowest BCUT2D eigenvalue weighted by atomic mass is 10.2. The van der Waals surface area contributed by atoms with Crippen LogP contribution in [0.2, 0.25) is 5.02 Å². The van der Waals surface area contributed by atoms with Crippen molar-refractivity contribution < 1.29 is 9.21 Å². The van der Waals surface area contributed by atoms with E-state index in [9.17, 15) is 9.59 Å². The molecular formula is C22H20ClN5O3S. The number of nitrogens with one attached hydrogen (secondary N) is 1. The second-order valence-electron chi connectivity index (χ2n) is 6.96. The SMILES string of the molecule is Cc1c(NC(=O)CCSc2nnc(-c3ccc(Cl)cc3)o2)c(=O)n(-c2ccccc2)n1C. The van der Waals surface area contributed by atoms with Crippen molar-refractivity contribution in [2.45, 2.75) is 18.6 Å². The van der Waals surface area contributed by atoms with E-state index in [-0.39, 0.29) is 23.6 Å². The molecule has 0 bridgehead atoms. The van der Waals surface area contributed by atoms with Crippen LogP contribution in [-0.2, 0) is 11.8 Å². The molecular weight excluding hydrogens is 450 g/mol. The lowest BCUT2D eigenvalue weighted by molar-refractivity contribution is -0.115. The number of carbonyl (C=O) groups excluding carboxylic acids is 1. The molecule has 1 N–H and O–H groups in total. The number of nitrogens with zero attached hydrogens (tertiary/aromatic N) is 4. The number of hydrogen-bond donors (Lipinski definition) is 1. The molecule has 0 saturated carbocycles. The maximum Gasteiger partial charge on any atom is 0.295 e. The fraction of sp³-hybridized carbons (Fsp3) is 0.182. The summed E-state index contributed by atoms with van der Waals surface area (Å²) in [7, 11) is 1.78. The van der Waals surface area contributed by atoms with Crippen LogP contribution >= 0.6 is 23.4 Å². The Kier molecular flexibility index (Phi) is 6.48. The van der Waals surface area contributed by atoms with Crippen molar-refractivity contribution in [2.24, 2.45) is 7.05 Å². The number of halogens is 1. The van der Waals surface area contributed by atoms with Crippen molar-refractivity contribution in [2.75, 3.05) is 11.1 Å². The summed E-state index contributed by atoms with van der Waals surface area (Å²) < 4.78 is 8.87. The Morgan fingerprint density at radius 1 is 1.12 bits per heavy atom. The van der Waals surface area contributed by atoms with Crippen LogP contribution in [-0.4, -0.2) is 31.2 Å². The Balaban J connectivity index is 1.37. The van der Waals surface area contributed by atoms with Gasteiger partial charge in [-0.05, 0) is 43.3 Å². The molecule has 0 unspecified atom stereocenters. The first-order chi connectivity index (χ1) is 15.4. The van der Waals surface area contributed by atoms with Gasteiger partial charge in [-0.25, -0.2) is 4.68 Å². The number of hydrogen-bond acceptors (Lipinski definition) is 6. The Morgan fingerprint density at radius 3 is 2.56 bits per heavy atom. The maximum atomic E-state index is 12.9. The zero-order chi connectivity index (χ0) is 22.7. The molecule has 4 aromatic rings. The molecule has 32 heavy (non-hydrogen) atoms. The Labute approximate surface area is 193 Å². The van der Waals surface area contributed by atoms with Crippen LogP contribution in [0.5, 0.6) is 0 Å². The Bertz CT molecular complexity index is 1300. The van der Waals surface area contributed by atoms with Crippen molar-refractivity contribution in [3.8, 4) is 17.1 Å². The van der Waals surface area contributed by atoms with Crippen LogP contribution in [0.25, 0.3) is 17.1 Å². The largest absolute Gasteiger partial charge is 0.411 e. The van der Waals surface area contributed by atoms with E-state index >= 15 is 0 Å². The van der Waals surface area contributed by atoms with E-state index in [1.807, 2.05) is 30.3 Å². The van der Waals surface area contributed by atoms with Crippen molar-refractivity contribution in [3.05, 3.63) is 75.7 Å². The normalized spacial score (nSPS) is 11.0. The minimum Gasteiger partial charge on any atom is -0.411 e. The molecule has 2 aromatic heterocycles. The van der Waals surface area contributed by atoms with Gasteiger partial charge in [0.2, 0.25) is 11.8 Å². The first-order valence-corrected chi connectivity index (χ1v) is 11.2. The smallest absolute Gasteiger partial charge is 0.295 e. The van der Waals surface area contributed by atoms with Crippen LogP contribution in [0.15, 0.2) is 69.0 Å². The van der Waals surface area contributed by atoms with Crippen LogP contribution in [0.3, 0.4) is 0 Å². The molecule has 164 valence electrons. The van der Waals surface area contributed by atoms with Crippen molar-refractivity contribution in [1.29, 1.82) is 0 Å². The predicted octanol–water partition coefficient (Wildman–Crippen LogP) is 4.31. The highest BCUT2D eigenvalue weighted by molar-refractivity contribution is 7.99. The molecule has 0 radical (unpaired) electrons. The van der Waals surface area contributed by atoms with Crippen LogP contribution < -0.4 is 10.9 Å². The predicted molar refractivity (Wildman–Crippen MR) is 124 cm³/mol. The molecule has 0 aliphatic heterocycles. The molecule has 1 amide bonds. The van der Waals surface area contributed by atoms with Gasteiger partial charge in [0.15, 0.2) is 0 Å². The second kappa shape index (κ2) is 9.46. The average molecular weight is 470 g/mol. The van der Waals surface area contributed by atoms with E-state index in [1.54, 1.807) is 42.9 Å². The summed E-state index contributed by atoms with van der Waals surface area (Å²) in [4.78, 5) is 25.3. The first kappa shape index (κ1) is 21.9. The summed E-state index contributed by atoms with van der Waals surface area (Å²) in [6.45, 7) is 1.79. The molecule has 10 heteroatoms. The van der Waals surface area contributed by atoms with Crippen molar-refractivity contribution in [3.63, 3.8) is 0 Å². The van der Waals surface area contributed by atoms with Gasteiger partial charge in [0.05, 0.1) is 11.4 Å². The van der Waals surface area contributed by atoms with E-state index in [2.05, 4.69) is 15.5 Å². The van der Waals surface area contributed by atoms with Gasteiger partial charge in [-0.2, -0.15) is 0 Å². The third-order valence-corrected chi connectivity index (χ3v) is 5.94. The first-order valence-electron chi connectivity index (χ1n) is 9.80. The number of carbonyl (C=O) groups is 1. The number of amides is 1. The lowest BCUT2D eigenvalue weighted by Crippen LogP contribution is -2.23. The van der Waals surface area contributed by atoms with Gasteiger partial charge in [-0.15, -0.1) is 10.2 Å². The van der Waals surface area contributed by atoms with Crippen LogP contribution in [0, 0.1) is 6.92 Å². The fourth-order valence-electron chi connectivity index (χ4n) is 3.12. The third kappa shape index (κ3) is 4.63. The summed E-state index contributed by atoms with van der Waals surface area (Å²) in [5, 5.41) is 11.8. The van der Waals surface area contributed by atoms with E-state index < -0.39 is 0 Å². The summed E-state index contributed by atoms with van der Waals surface area (Å²) in [5.74, 6) is 0.545. The van der Waals surface area contributed by atoms with Gasteiger partial charge in [-0.3, -0.25) is 14.3 Å². The highest BCUT2D eigenvalue weighted by Crippen LogP contribution is 2.25. The molecule has 0 spiro atoms. The van der Waals surface area contributed by atoms with E-state index in [4.69, 9.17) is 16.0 Å². The number of benzene rings is 2. The minimum absolute atomic E-state index is 0.183. The number of thioether (sulfide) groups is 1. The molecule has 0 saturated heterocycles. The van der Waals surface area contributed by atoms with Gasteiger partial charge in [0.1, 0.15) is 5.69 Å². The molecule has 0 atom stereocenters. The molecule has 8 nitrogen and oxygen atoms in total. The molecule has 2 aromatic carbocycles. The third-order valence-electron chi connectivity index (χ3n) is 4.87. The molecule has 0 fully saturated rings. The average Bonchev–Trinajstić information content (AvgIpc) is 3.34. The van der Waals surface area contributed by atoms with Crippen LogP contribution in [0.1, 0.15) is 12.1 Å². The molecule has 4 rings (SSSR count). The zero-order valence-electron chi connectivity index (χ0n) is 17.4. The monoisotopic (exact) mass is 469 g/mol. The number of anilines is 1. The summed E-state index contributed by atoms with van der Waals surface area (Å²) >= 11 is 7.17. The summed E-state index contributed by atoms with van der Waals surface area (Å²) in [6, 6.07) is 16.4. The minimum atomic E-state index is -0.276.